The normalized spacial score (nSPS) is 12.0. The van der Waals surface area contributed by atoms with E-state index < -0.39 is 11.3 Å². The smallest absolute Gasteiger partial charge is 0.237 e. The number of rotatable bonds is 5. The van der Waals surface area contributed by atoms with Crippen molar-refractivity contribution in [2.45, 2.75) is 13.8 Å². The van der Waals surface area contributed by atoms with Crippen LogP contribution in [0, 0.1) is 5.41 Å². The molecule has 0 atom stereocenters. The first-order valence-electron chi connectivity index (χ1n) is 5.98. The quantitative estimate of drug-likeness (QED) is 0.334. The Labute approximate surface area is 127 Å². The van der Waals surface area contributed by atoms with Crippen molar-refractivity contribution in [1.29, 1.82) is 0 Å². The van der Waals surface area contributed by atoms with E-state index in [1.807, 2.05) is 0 Å². The number of hydrogen-bond donors (Lipinski definition) is 3. The Morgan fingerprint density at radius 3 is 2.38 bits per heavy atom. The Morgan fingerprint density at radius 2 is 1.90 bits per heavy atom. The first-order chi connectivity index (χ1) is 9.77. The fourth-order valence-corrected chi connectivity index (χ4v) is 1.71. The van der Waals surface area contributed by atoms with E-state index in [-0.39, 0.29) is 5.84 Å². The molecule has 1 rings (SSSR count). The number of hydrogen-bond acceptors (Lipinski definition) is 5. The Balaban J connectivity index is 3.15. The van der Waals surface area contributed by atoms with Gasteiger partial charge in [0.25, 0.3) is 0 Å². The van der Waals surface area contributed by atoms with Crippen LogP contribution >= 0.6 is 11.6 Å². The van der Waals surface area contributed by atoms with Gasteiger partial charge in [0.15, 0.2) is 5.84 Å². The average Bonchev–Trinajstić information content (AvgIpc) is 2.47. The fourth-order valence-electron chi connectivity index (χ4n) is 1.48. The van der Waals surface area contributed by atoms with E-state index in [1.54, 1.807) is 0 Å². The molecular weight excluding hydrogens is 298 g/mol. The molecule has 7 nitrogen and oxygen atoms in total. The monoisotopic (exact) mass is 315 g/mol. The predicted molar refractivity (Wildman–Crippen MR) is 80.4 cm³/mol. The molecule has 0 saturated heterocycles. The lowest BCUT2D eigenvalue weighted by molar-refractivity contribution is -0.121. The molecule has 116 valence electrons. The summed E-state index contributed by atoms with van der Waals surface area (Å²) in [6.45, 7) is 3.05. The molecule has 1 amide bonds. The number of methoxy groups -OCH3 is 2. The molecule has 0 bridgehead atoms. The number of nitrogens with two attached hydrogens (primary N) is 1. The van der Waals surface area contributed by atoms with Crippen molar-refractivity contribution >= 4 is 29.0 Å². The molecule has 0 unspecified atom stereocenters. The molecule has 0 aliphatic carbocycles. The van der Waals surface area contributed by atoms with Gasteiger partial charge < -0.3 is 25.7 Å². The molecule has 0 aromatic heterocycles. The number of nitrogens with zero attached hydrogens (tertiary/aromatic N) is 1. The highest BCUT2D eigenvalue weighted by atomic mass is 35.5. The van der Waals surface area contributed by atoms with E-state index in [9.17, 15) is 4.79 Å². The number of carbonyl (C=O) groups is 1. The van der Waals surface area contributed by atoms with Gasteiger partial charge in [-0.3, -0.25) is 4.79 Å². The van der Waals surface area contributed by atoms with Gasteiger partial charge in [-0.15, -0.1) is 0 Å². The number of halogens is 1. The van der Waals surface area contributed by atoms with Crippen molar-refractivity contribution in [3.63, 3.8) is 0 Å². The van der Waals surface area contributed by atoms with Crippen LogP contribution in [-0.4, -0.2) is 31.2 Å². The Hall–Kier alpha value is -2.15. The van der Waals surface area contributed by atoms with Crippen LogP contribution in [0.1, 0.15) is 13.8 Å². The van der Waals surface area contributed by atoms with Crippen molar-refractivity contribution in [2.75, 3.05) is 19.5 Å². The van der Waals surface area contributed by atoms with Crippen molar-refractivity contribution in [1.82, 2.24) is 0 Å². The van der Waals surface area contributed by atoms with Crippen LogP contribution in [-0.2, 0) is 4.79 Å². The van der Waals surface area contributed by atoms with Crippen molar-refractivity contribution in [2.24, 2.45) is 16.3 Å². The standard InChI is InChI=1S/C13H18ClN3O4/c1-13(2,11(15)17-19)12(18)16-8-6-9(20-3)7(14)5-10(8)21-4/h5-6,19H,1-4H3,(H2,15,17)(H,16,18). The summed E-state index contributed by atoms with van der Waals surface area (Å²) in [5, 5.41) is 14.6. The molecule has 8 heteroatoms. The van der Waals surface area contributed by atoms with Gasteiger partial charge in [-0.1, -0.05) is 16.8 Å². The molecule has 21 heavy (non-hydrogen) atoms. The molecule has 4 N–H and O–H groups in total. The zero-order valence-electron chi connectivity index (χ0n) is 12.2. The Morgan fingerprint density at radius 1 is 1.33 bits per heavy atom. The third-order valence-electron chi connectivity index (χ3n) is 3.04. The molecular formula is C13H18ClN3O4. The minimum atomic E-state index is -1.20. The van der Waals surface area contributed by atoms with Gasteiger partial charge in [-0.25, -0.2) is 0 Å². The minimum absolute atomic E-state index is 0.208. The van der Waals surface area contributed by atoms with Crippen LogP contribution in [0.25, 0.3) is 0 Å². The summed E-state index contributed by atoms with van der Waals surface area (Å²) in [5.41, 5.74) is 4.68. The SMILES string of the molecule is COc1cc(NC(=O)C(C)(C)C(N)=NO)c(OC)cc1Cl. The van der Waals surface area contributed by atoms with Gasteiger partial charge in [-0.2, -0.15) is 0 Å². The predicted octanol–water partition coefficient (Wildman–Crippen LogP) is 2.07. The highest BCUT2D eigenvalue weighted by molar-refractivity contribution is 6.32. The van der Waals surface area contributed by atoms with Gasteiger partial charge in [0, 0.05) is 12.1 Å². The van der Waals surface area contributed by atoms with E-state index in [0.717, 1.165) is 0 Å². The number of amidine groups is 1. The van der Waals surface area contributed by atoms with Crippen LogP contribution < -0.4 is 20.5 Å². The van der Waals surface area contributed by atoms with Gasteiger partial charge in [0.2, 0.25) is 5.91 Å². The van der Waals surface area contributed by atoms with E-state index in [2.05, 4.69) is 10.5 Å². The van der Waals surface area contributed by atoms with E-state index in [1.165, 1.54) is 40.2 Å². The summed E-state index contributed by atoms with van der Waals surface area (Å²) in [6.07, 6.45) is 0. The zero-order valence-corrected chi connectivity index (χ0v) is 13.0. The first kappa shape index (κ1) is 16.9. The fraction of sp³-hybridized carbons (Fsp3) is 0.385. The van der Waals surface area contributed by atoms with E-state index in [0.29, 0.717) is 22.2 Å². The zero-order chi connectivity index (χ0) is 16.2. The van der Waals surface area contributed by atoms with Crippen LogP contribution in [0.2, 0.25) is 5.02 Å². The summed E-state index contributed by atoms with van der Waals surface area (Å²) in [6, 6.07) is 3.05. The molecule has 1 aromatic rings. The maximum absolute atomic E-state index is 12.3. The van der Waals surface area contributed by atoms with Crippen LogP contribution in [0.5, 0.6) is 11.5 Å². The van der Waals surface area contributed by atoms with Crippen LogP contribution in [0.15, 0.2) is 17.3 Å². The lowest BCUT2D eigenvalue weighted by Crippen LogP contribution is -2.42. The molecule has 0 aliphatic rings. The second kappa shape index (κ2) is 6.53. The van der Waals surface area contributed by atoms with Crippen molar-refractivity contribution in [3.8, 4) is 11.5 Å². The molecule has 1 aromatic carbocycles. The number of amides is 1. The van der Waals surface area contributed by atoms with Gasteiger partial charge >= 0.3 is 0 Å². The van der Waals surface area contributed by atoms with Gasteiger partial charge in [0.05, 0.1) is 24.9 Å². The summed E-state index contributed by atoms with van der Waals surface area (Å²) < 4.78 is 10.3. The third kappa shape index (κ3) is 3.49. The van der Waals surface area contributed by atoms with Crippen molar-refractivity contribution in [3.05, 3.63) is 17.2 Å². The number of benzene rings is 1. The summed E-state index contributed by atoms with van der Waals surface area (Å²) in [5.74, 6) is 0.0687. The molecule has 0 radical (unpaired) electrons. The maximum Gasteiger partial charge on any atom is 0.237 e. The first-order valence-corrected chi connectivity index (χ1v) is 6.36. The summed E-state index contributed by atoms with van der Waals surface area (Å²) in [4.78, 5) is 12.3. The van der Waals surface area contributed by atoms with Gasteiger partial charge in [0.1, 0.15) is 16.9 Å². The second-order valence-electron chi connectivity index (χ2n) is 4.75. The van der Waals surface area contributed by atoms with Gasteiger partial charge in [-0.05, 0) is 13.8 Å². The molecule has 0 spiro atoms. The number of anilines is 1. The molecule has 0 aliphatic heterocycles. The topological polar surface area (TPSA) is 106 Å². The molecule has 0 fully saturated rings. The van der Waals surface area contributed by atoms with E-state index >= 15 is 0 Å². The number of ether oxygens (including phenoxy) is 2. The summed E-state index contributed by atoms with van der Waals surface area (Å²) in [7, 11) is 2.90. The number of oxime groups is 1. The number of nitrogens with one attached hydrogen (secondary N) is 1. The lowest BCUT2D eigenvalue weighted by atomic mass is 9.91. The molecule has 0 heterocycles. The Kier molecular flexibility index (Phi) is 5.26. The van der Waals surface area contributed by atoms with Crippen molar-refractivity contribution < 1.29 is 19.5 Å². The second-order valence-corrected chi connectivity index (χ2v) is 5.16. The largest absolute Gasteiger partial charge is 0.495 e. The third-order valence-corrected chi connectivity index (χ3v) is 3.33. The Bertz CT molecular complexity index is 573. The van der Waals surface area contributed by atoms with Crippen LogP contribution in [0.4, 0.5) is 5.69 Å². The average molecular weight is 316 g/mol. The number of carbonyl (C=O) groups excluding carboxylic acids is 1. The minimum Gasteiger partial charge on any atom is -0.495 e. The maximum atomic E-state index is 12.3. The molecule has 0 saturated carbocycles. The highest BCUT2D eigenvalue weighted by Crippen LogP contribution is 2.36. The summed E-state index contributed by atoms with van der Waals surface area (Å²) >= 11 is 5.99. The van der Waals surface area contributed by atoms with E-state index in [4.69, 9.17) is 32.0 Å². The highest BCUT2D eigenvalue weighted by Gasteiger charge is 2.33. The van der Waals surface area contributed by atoms with Crippen LogP contribution in [0.3, 0.4) is 0 Å². The lowest BCUT2D eigenvalue weighted by Gasteiger charge is -2.22.